The summed E-state index contributed by atoms with van der Waals surface area (Å²) in [6.07, 6.45) is 13.4. The molecule has 184 valence electrons. The van der Waals surface area contributed by atoms with E-state index in [1.54, 1.807) is 11.1 Å². The summed E-state index contributed by atoms with van der Waals surface area (Å²) >= 11 is 0. The molecular formula is C26H39N7O. The van der Waals surface area contributed by atoms with Gasteiger partial charge in [0.1, 0.15) is 0 Å². The number of carbonyl (C=O) groups is 1. The predicted molar refractivity (Wildman–Crippen MR) is 141 cm³/mol. The summed E-state index contributed by atoms with van der Waals surface area (Å²) < 4.78 is 0. The van der Waals surface area contributed by atoms with Crippen molar-refractivity contribution in [2.45, 2.75) is 52.9 Å². The van der Waals surface area contributed by atoms with Crippen molar-refractivity contribution in [2.24, 2.45) is 27.4 Å². The van der Waals surface area contributed by atoms with E-state index in [4.69, 9.17) is 11.5 Å². The number of hydrogen-bond acceptors (Lipinski definition) is 5. The monoisotopic (exact) mass is 465 g/mol. The van der Waals surface area contributed by atoms with Crippen LogP contribution in [0.25, 0.3) is 0 Å². The van der Waals surface area contributed by atoms with Gasteiger partial charge < -0.3 is 22.1 Å². The minimum absolute atomic E-state index is 0.0239. The van der Waals surface area contributed by atoms with E-state index >= 15 is 0 Å². The van der Waals surface area contributed by atoms with Gasteiger partial charge in [0, 0.05) is 49.0 Å². The Morgan fingerprint density at radius 2 is 2.09 bits per heavy atom. The molecule has 0 aromatic rings. The number of nitrogens with one attached hydrogen (secondary N) is 2. The minimum Gasteiger partial charge on any atom is -0.388 e. The molecule has 0 aromatic carbocycles. The number of allylic oxidation sites excluding steroid dienone is 6. The number of amides is 1. The first-order chi connectivity index (χ1) is 16.3. The normalized spacial score (nSPS) is 16.4. The smallest absolute Gasteiger partial charge is 0.232 e. The molecule has 0 bridgehead atoms. The molecule has 2 aliphatic rings. The van der Waals surface area contributed by atoms with Gasteiger partial charge in [-0.15, -0.1) is 0 Å². The lowest BCUT2D eigenvalue weighted by molar-refractivity contribution is -0.128. The minimum atomic E-state index is -0.0239. The molecule has 1 aliphatic heterocycles. The summed E-state index contributed by atoms with van der Waals surface area (Å²) in [5.41, 5.74) is 15.3. The highest BCUT2D eigenvalue weighted by atomic mass is 16.2. The molecule has 1 aliphatic carbocycles. The Morgan fingerprint density at radius 3 is 2.74 bits per heavy atom. The molecule has 1 atom stereocenters. The lowest BCUT2D eigenvalue weighted by Gasteiger charge is -2.31. The van der Waals surface area contributed by atoms with Crippen LogP contribution in [0, 0.1) is 5.92 Å². The molecule has 34 heavy (non-hydrogen) atoms. The Balaban J connectivity index is 2.44. The molecule has 0 spiro atoms. The standard InChI is InChI=1S/C26H39N7O/c1-6-18(3)16-24(34)33-17-23(19(4)20-12-9-8-10-13-21(20)30-7-2)32-22(25(33)29-5)14-11-15-31-26(27)28/h8-10,12,17-18,30,32H,4-7,11,13-16H2,1-3H3,(H4,27,28,31). The van der Waals surface area contributed by atoms with Crippen LogP contribution in [0.4, 0.5) is 0 Å². The van der Waals surface area contributed by atoms with E-state index in [0.717, 1.165) is 47.6 Å². The van der Waals surface area contributed by atoms with Crippen LogP contribution >= 0.6 is 0 Å². The van der Waals surface area contributed by atoms with Crippen molar-refractivity contribution >= 4 is 18.6 Å². The van der Waals surface area contributed by atoms with Crippen LogP contribution in [0.5, 0.6) is 0 Å². The van der Waals surface area contributed by atoms with Gasteiger partial charge in [0.05, 0.1) is 11.4 Å². The van der Waals surface area contributed by atoms with Gasteiger partial charge in [-0.1, -0.05) is 51.2 Å². The van der Waals surface area contributed by atoms with Crippen molar-refractivity contribution in [3.63, 3.8) is 0 Å². The first kappa shape index (κ1) is 26.7. The second-order valence-electron chi connectivity index (χ2n) is 8.41. The zero-order valence-electron chi connectivity index (χ0n) is 20.7. The van der Waals surface area contributed by atoms with Crippen molar-refractivity contribution in [1.82, 2.24) is 15.5 Å². The molecule has 8 nitrogen and oxygen atoms in total. The molecule has 0 saturated carbocycles. The zero-order chi connectivity index (χ0) is 25.1. The third-order valence-electron chi connectivity index (χ3n) is 5.76. The molecule has 0 aromatic heterocycles. The van der Waals surface area contributed by atoms with Crippen molar-refractivity contribution in [3.8, 4) is 0 Å². The maximum absolute atomic E-state index is 13.3. The fourth-order valence-electron chi connectivity index (χ4n) is 3.72. The van der Waals surface area contributed by atoms with E-state index in [9.17, 15) is 4.79 Å². The second-order valence-corrected chi connectivity index (χ2v) is 8.41. The molecule has 0 saturated heterocycles. The summed E-state index contributed by atoms with van der Waals surface area (Å²) in [5.74, 6) is 0.805. The summed E-state index contributed by atoms with van der Waals surface area (Å²) in [6.45, 7) is 15.6. The third-order valence-corrected chi connectivity index (χ3v) is 5.76. The first-order valence-electron chi connectivity index (χ1n) is 11.9. The van der Waals surface area contributed by atoms with Crippen LogP contribution in [-0.4, -0.2) is 36.6 Å². The van der Waals surface area contributed by atoms with Gasteiger partial charge >= 0.3 is 0 Å². The van der Waals surface area contributed by atoms with Crippen molar-refractivity contribution in [1.29, 1.82) is 0 Å². The average molecular weight is 466 g/mol. The van der Waals surface area contributed by atoms with E-state index in [1.807, 2.05) is 18.2 Å². The molecule has 8 heteroatoms. The Labute approximate surface area is 203 Å². The van der Waals surface area contributed by atoms with Gasteiger partial charge in [-0.2, -0.15) is 0 Å². The maximum Gasteiger partial charge on any atom is 0.232 e. The predicted octanol–water partition coefficient (Wildman–Crippen LogP) is 3.56. The van der Waals surface area contributed by atoms with E-state index in [2.05, 4.69) is 60.8 Å². The fraction of sp³-hybridized carbons (Fsp3) is 0.423. The van der Waals surface area contributed by atoms with Gasteiger partial charge in [0.2, 0.25) is 5.91 Å². The van der Waals surface area contributed by atoms with E-state index in [1.165, 1.54) is 0 Å². The molecule has 1 amide bonds. The van der Waals surface area contributed by atoms with E-state index < -0.39 is 0 Å². The van der Waals surface area contributed by atoms with Crippen LogP contribution < -0.4 is 22.1 Å². The second kappa shape index (κ2) is 13.2. The number of rotatable bonds is 12. The number of guanidine groups is 1. The Bertz CT molecular complexity index is 962. The molecule has 1 heterocycles. The van der Waals surface area contributed by atoms with Crippen molar-refractivity contribution in [2.75, 3.05) is 13.1 Å². The lowest BCUT2D eigenvalue weighted by Crippen LogP contribution is -2.35. The first-order valence-corrected chi connectivity index (χ1v) is 11.9. The highest BCUT2D eigenvalue weighted by Crippen LogP contribution is 2.30. The van der Waals surface area contributed by atoms with Crippen molar-refractivity contribution < 1.29 is 4.79 Å². The lowest BCUT2D eigenvalue weighted by atomic mass is 9.99. The summed E-state index contributed by atoms with van der Waals surface area (Å²) in [4.78, 5) is 23.1. The summed E-state index contributed by atoms with van der Waals surface area (Å²) in [6, 6.07) is 0. The van der Waals surface area contributed by atoms with Crippen molar-refractivity contribution in [3.05, 3.63) is 71.1 Å². The van der Waals surface area contributed by atoms with Gasteiger partial charge in [0.15, 0.2) is 11.8 Å². The van der Waals surface area contributed by atoms with E-state index in [-0.39, 0.29) is 17.8 Å². The van der Waals surface area contributed by atoms with Gasteiger partial charge in [-0.25, -0.2) is 4.99 Å². The third kappa shape index (κ3) is 7.23. The van der Waals surface area contributed by atoms with E-state index in [0.29, 0.717) is 31.6 Å². The highest BCUT2D eigenvalue weighted by Gasteiger charge is 2.27. The van der Waals surface area contributed by atoms with Crippen LogP contribution in [0.15, 0.2) is 81.1 Å². The maximum atomic E-state index is 13.3. The Morgan fingerprint density at radius 1 is 1.32 bits per heavy atom. The molecule has 6 N–H and O–H groups in total. The topological polar surface area (TPSA) is 121 Å². The summed E-state index contributed by atoms with van der Waals surface area (Å²) in [5, 5.41) is 6.91. The SMILES string of the molecule is C=NC1=C(CCCN=C(N)N)NC(C(=C)C2=C(NCC)CC=CC=C2)=CN1C(=O)CC(C)CC. The molecule has 1 unspecified atom stereocenters. The Hall–Kier alpha value is -3.55. The molecule has 2 rings (SSSR count). The largest absolute Gasteiger partial charge is 0.388 e. The van der Waals surface area contributed by atoms with Crippen LogP contribution in [0.3, 0.4) is 0 Å². The number of nitrogens with zero attached hydrogens (tertiary/aromatic N) is 3. The average Bonchev–Trinajstić information content (AvgIpc) is 3.06. The summed E-state index contributed by atoms with van der Waals surface area (Å²) in [7, 11) is 0. The highest BCUT2D eigenvalue weighted by molar-refractivity contribution is 5.80. The van der Waals surface area contributed by atoms with Gasteiger partial charge in [0.25, 0.3) is 0 Å². The number of nitrogens with two attached hydrogens (primary N) is 2. The molecule has 0 fully saturated rings. The number of aliphatic imine (C=N–C) groups is 2. The number of carbonyl (C=O) groups excluding carboxylic acids is 1. The zero-order valence-corrected chi connectivity index (χ0v) is 20.7. The Kier molecular flexibility index (Phi) is 10.4. The van der Waals surface area contributed by atoms with Crippen LogP contribution in [-0.2, 0) is 4.79 Å². The van der Waals surface area contributed by atoms with Crippen LogP contribution in [0.2, 0.25) is 0 Å². The quantitative estimate of drug-likeness (QED) is 0.199. The number of hydrogen-bond donors (Lipinski definition) is 4. The van der Waals surface area contributed by atoms with Crippen LogP contribution in [0.1, 0.15) is 52.9 Å². The fourth-order valence-corrected chi connectivity index (χ4v) is 3.72. The van der Waals surface area contributed by atoms with Gasteiger partial charge in [-0.3, -0.25) is 14.7 Å². The molecule has 0 radical (unpaired) electrons. The molecular weight excluding hydrogens is 426 g/mol. The van der Waals surface area contributed by atoms with Gasteiger partial charge in [-0.05, 0) is 32.4 Å².